The number of nitrogens with one attached hydrogen (secondary N) is 2. The number of benzene rings is 2. The number of rotatable bonds is 8. The van der Waals surface area contributed by atoms with Gasteiger partial charge in [0.1, 0.15) is 5.75 Å². The van der Waals surface area contributed by atoms with Crippen LogP contribution in [0.4, 0.5) is 5.69 Å². The van der Waals surface area contributed by atoms with Gasteiger partial charge in [-0.15, -0.1) is 11.3 Å². The first-order chi connectivity index (χ1) is 13.5. The lowest BCUT2D eigenvalue weighted by Gasteiger charge is -2.12. The van der Waals surface area contributed by atoms with Gasteiger partial charge in [-0.25, -0.2) is 8.42 Å². The molecule has 2 N–H and O–H groups in total. The van der Waals surface area contributed by atoms with Crippen LogP contribution in [0, 0.1) is 0 Å². The first-order valence-electron chi connectivity index (χ1n) is 8.56. The highest BCUT2D eigenvalue weighted by atomic mass is 32.2. The molecule has 0 bridgehead atoms. The summed E-state index contributed by atoms with van der Waals surface area (Å²) in [5.41, 5.74) is 0.616. The molecule has 28 heavy (non-hydrogen) atoms. The van der Waals surface area contributed by atoms with Crippen LogP contribution in [-0.4, -0.2) is 28.0 Å². The molecule has 0 spiro atoms. The Morgan fingerprint density at radius 2 is 1.89 bits per heavy atom. The van der Waals surface area contributed by atoms with Crippen molar-refractivity contribution in [1.82, 2.24) is 5.32 Å². The highest BCUT2D eigenvalue weighted by Gasteiger charge is 2.18. The molecular formula is C20H20N2O4S2. The number of anilines is 1. The van der Waals surface area contributed by atoms with Gasteiger partial charge in [0, 0.05) is 17.0 Å². The molecule has 0 aliphatic rings. The van der Waals surface area contributed by atoms with Crippen molar-refractivity contribution in [2.24, 2.45) is 0 Å². The smallest absolute Gasteiger partial charge is 0.262 e. The predicted molar refractivity (Wildman–Crippen MR) is 111 cm³/mol. The molecule has 2 aromatic carbocycles. The highest BCUT2D eigenvalue weighted by molar-refractivity contribution is 7.92. The molecule has 8 heteroatoms. The second kappa shape index (κ2) is 8.90. The van der Waals surface area contributed by atoms with Crippen molar-refractivity contribution in [3.05, 3.63) is 76.5 Å². The van der Waals surface area contributed by atoms with E-state index in [9.17, 15) is 13.2 Å². The van der Waals surface area contributed by atoms with Crippen LogP contribution in [0.15, 0.2) is 70.9 Å². The highest BCUT2D eigenvalue weighted by Crippen LogP contribution is 2.26. The minimum Gasteiger partial charge on any atom is -0.495 e. The molecule has 1 heterocycles. The number of amides is 1. The summed E-state index contributed by atoms with van der Waals surface area (Å²) in [4.78, 5) is 13.6. The van der Waals surface area contributed by atoms with Gasteiger partial charge < -0.3 is 10.1 Å². The minimum absolute atomic E-state index is 0.00399. The quantitative estimate of drug-likeness (QED) is 0.588. The largest absolute Gasteiger partial charge is 0.495 e. The normalized spacial score (nSPS) is 11.0. The Balaban J connectivity index is 1.71. The van der Waals surface area contributed by atoms with Crippen LogP contribution in [-0.2, 0) is 16.4 Å². The van der Waals surface area contributed by atoms with Crippen LogP contribution in [0.25, 0.3) is 0 Å². The summed E-state index contributed by atoms with van der Waals surface area (Å²) < 4.78 is 33.1. The Bertz CT molecular complexity index is 1050. The molecule has 6 nitrogen and oxygen atoms in total. The van der Waals surface area contributed by atoms with Gasteiger partial charge in [-0.3, -0.25) is 9.52 Å². The first-order valence-corrected chi connectivity index (χ1v) is 10.9. The van der Waals surface area contributed by atoms with Gasteiger partial charge in [0.15, 0.2) is 0 Å². The molecule has 0 atom stereocenters. The Morgan fingerprint density at radius 1 is 1.07 bits per heavy atom. The molecule has 3 aromatic rings. The van der Waals surface area contributed by atoms with Crippen molar-refractivity contribution in [1.29, 1.82) is 0 Å². The van der Waals surface area contributed by atoms with Crippen molar-refractivity contribution in [3.63, 3.8) is 0 Å². The van der Waals surface area contributed by atoms with E-state index in [0.717, 1.165) is 6.42 Å². The van der Waals surface area contributed by atoms with Gasteiger partial charge >= 0.3 is 0 Å². The number of thiophene rings is 1. The van der Waals surface area contributed by atoms with Crippen LogP contribution in [0.1, 0.15) is 15.2 Å². The van der Waals surface area contributed by atoms with Crippen molar-refractivity contribution >= 4 is 33.0 Å². The lowest BCUT2D eigenvalue weighted by Crippen LogP contribution is -2.25. The third kappa shape index (κ3) is 4.90. The summed E-state index contributed by atoms with van der Waals surface area (Å²) in [6.45, 7) is 0.482. The zero-order valence-corrected chi connectivity index (χ0v) is 16.8. The second-order valence-electron chi connectivity index (χ2n) is 5.92. The van der Waals surface area contributed by atoms with Crippen LogP contribution in [0.5, 0.6) is 5.75 Å². The van der Waals surface area contributed by atoms with Crippen molar-refractivity contribution in [2.75, 3.05) is 18.4 Å². The lowest BCUT2D eigenvalue weighted by molar-refractivity contribution is 0.0954. The average Bonchev–Trinajstić information content (AvgIpc) is 3.21. The molecule has 0 aliphatic heterocycles. The monoisotopic (exact) mass is 416 g/mol. The number of hydrogen-bond donors (Lipinski definition) is 2. The van der Waals surface area contributed by atoms with Crippen LogP contribution < -0.4 is 14.8 Å². The van der Waals surface area contributed by atoms with Gasteiger partial charge in [-0.2, -0.15) is 0 Å². The molecule has 146 valence electrons. The minimum atomic E-state index is -3.87. The molecular weight excluding hydrogens is 396 g/mol. The molecule has 0 aliphatic carbocycles. The summed E-state index contributed by atoms with van der Waals surface area (Å²) in [5.74, 6) is 0.0967. The summed E-state index contributed by atoms with van der Waals surface area (Å²) in [5, 5.41) is 4.80. The van der Waals surface area contributed by atoms with Gasteiger partial charge in [0.25, 0.3) is 15.9 Å². The van der Waals surface area contributed by atoms with E-state index in [4.69, 9.17) is 4.74 Å². The molecule has 0 radical (unpaired) electrons. The average molecular weight is 417 g/mol. The predicted octanol–water partition coefficient (Wildman–Crippen LogP) is 3.53. The topological polar surface area (TPSA) is 84.5 Å². The Labute approximate surface area is 168 Å². The second-order valence-corrected chi connectivity index (χ2v) is 8.63. The molecule has 1 amide bonds. The maximum atomic E-state index is 12.7. The van der Waals surface area contributed by atoms with Crippen molar-refractivity contribution in [3.8, 4) is 5.75 Å². The molecule has 3 rings (SSSR count). The Hall–Kier alpha value is -2.84. The van der Waals surface area contributed by atoms with E-state index in [1.165, 1.54) is 24.1 Å². The Morgan fingerprint density at radius 3 is 2.64 bits per heavy atom. The van der Waals surface area contributed by atoms with E-state index < -0.39 is 10.0 Å². The number of ether oxygens (including phenoxy) is 1. The molecule has 1 aromatic heterocycles. The third-order valence-electron chi connectivity index (χ3n) is 3.99. The van der Waals surface area contributed by atoms with E-state index in [0.29, 0.717) is 18.0 Å². The molecule has 0 fully saturated rings. The third-order valence-corrected chi connectivity index (χ3v) is 6.29. The number of hydrogen-bond acceptors (Lipinski definition) is 5. The fraction of sp³-hybridized carbons (Fsp3) is 0.150. The van der Waals surface area contributed by atoms with Gasteiger partial charge in [-0.05, 0) is 48.2 Å². The zero-order chi connectivity index (χ0) is 20.0. The van der Waals surface area contributed by atoms with Crippen LogP contribution in [0.3, 0.4) is 0 Å². The summed E-state index contributed by atoms with van der Waals surface area (Å²) in [7, 11) is -2.40. The number of carbonyl (C=O) groups excluding carboxylic acids is 1. The first kappa shape index (κ1) is 19.9. The van der Waals surface area contributed by atoms with Crippen molar-refractivity contribution < 1.29 is 17.9 Å². The number of carbonyl (C=O) groups is 1. The number of methoxy groups -OCH3 is 1. The van der Waals surface area contributed by atoms with Gasteiger partial charge in [-0.1, -0.05) is 24.3 Å². The molecule has 0 saturated heterocycles. The fourth-order valence-corrected chi connectivity index (χ4v) is 4.42. The molecule has 0 unspecified atom stereocenters. The summed E-state index contributed by atoms with van der Waals surface area (Å²) in [6, 6.07) is 16.6. The van der Waals surface area contributed by atoms with Crippen LogP contribution in [0.2, 0.25) is 0 Å². The SMILES string of the molecule is COc1ccccc1NS(=O)(=O)c1cccc(C(=O)NCCc2cccs2)c1. The standard InChI is InChI=1S/C20H20N2O4S2/c1-26-19-10-3-2-9-18(19)22-28(24,25)17-8-4-6-15(14-17)20(23)21-12-11-16-7-5-13-27-16/h2-10,13-14,22H,11-12H2,1H3,(H,21,23). The number of sulfonamides is 1. The van der Waals surface area contributed by atoms with E-state index in [1.54, 1.807) is 47.7 Å². The van der Waals surface area contributed by atoms with Gasteiger partial charge in [0.2, 0.25) is 0 Å². The van der Waals surface area contributed by atoms with Crippen LogP contribution >= 0.6 is 11.3 Å². The lowest BCUT2D eigenvalue weighted by atomic mass is 10.2. The van der Waals surface area contributed by atoms with E-state index in [-0.39, 0.29) is 16.4 Å². The number of para-hydroxylation sites is 2. The fourth-order valence-electron chi connectivity index (χ4n) is 2.59. The van der Waals surface area contributed by atoms with E-state index in [2.05, 4.69) is 10.0 Å². The summed E-state index contributed by atoms with van der Waals surface area (Å²) in [6.07, 6.45) is 0.733. The zero-order valence-electron chi connectivity index (χ0n) is 15.2. The maximum absolute atomic E-state index is 12.7. The summed E-state index contributed by atoms with van der Waals surface area (Å²) >= 11 is 1.63. The van der Waals surface area contributed by atoms with Crippen molar-refractivity contribution in [2.45, 2.75) is 11.3 Å². The van der Waals surface area contributed by atoms with E-state index >= 15 is 0 Å². The van der Waals surface area contributed by atoms with Gasteiger partial charge in [0.05, 0.1) is 17.7 Å². The molecule has 0 saturated carbocycles. The van der Waals surface area contributed by atoms with E-state index in [1.807, 2.05) is 17.5 Å². The maximum Gasteiger partial charge on any atom is 0.262 e. The Kier molecular flexibility index (Phi) is 6.33.